The standard InChI is InChI=1S/C5H13I2N/c1-7(5-6)3-2-4-8/h2-5,8H2,1H3. The van der Waals surface area contributed by atoms with Gasteiger partial charge in [-0.2, -0.15) is 0 Å². The fourth-order valence-electron chi connectivity index (χ4n) is 0.356. The van der Waals surface area contributed by atoms with Crippen LogP contribution in [0.2, 0.25) is 0 Å². The first-order valence-electron chi connectivity index (χ1n) is 2.59. The van der Waals surface area contributed by atoms with E-state index in [0.717, 1.165) is 6.54 Å². The van der Waals surface area contributed by atoms with Crippen LogP contribution in [0.1, 0.15) is 6.42 Å². The molecule has 0 aliphatic heterocycles. The van der Waals surface area contributed by atoms with Crippen molar-refractivity contribution in [2.75, 3.05) is 18.3 Å². The molecule has 0 aliphatic carbocycles. The monoisotopic (exact) mass is 341 g/mol. The van der Waals surface area contributed by atoms with Gasteiger partial charge in [0.1, 0.15) is 0 Å². The Morgan fingerprint density at radius 1 is 1.62 bits per heavy atom. The zero-order valence-corrected chi connectivity index (χ0v) is 9.48. The van der Waals surface area contributed by atoms with Crippen molar-refractivity contribution >= 4 is 42.4 Å². The predicted molar refractivity (Wildman–Crippen MR) is 57.4 cm³/mol. The maximum atomic E-state index is 5.35. The molecule has 0 atom stereocenters. The van der Waals surface area contributed by atoms with E-state index in [0.29, 0.717) is 0 Å². The molecule has 0 bridgehead atoms. The number of alkyl halides is 4. The number of halogens is 2. The zero-order chi connectivity index (χ0) is 6.41. The summed E-state index contributed by atoms with van der Waals surface area (Å²) in [5, 5.41) is 0. The average Bonchev–Trinajstić information content (AvgIpc) is 1.83. The molecule has 52 valence electrons. The molecule has 0 saturated heterocycles. The van der Waals surface area contributed by atoms with Crippen LogP contribution < -0.4 is 5.73 Å². The fraction of sp³-hybridized carbons (Fsp3) is 1.00. The van der Waals surface area contributed by atoms with Gasteiger partial charge in [-0.3, -0.25) is 0 Å². The van der Waals surface area contributed by atoms with Gasteiger partial charge in [0, 0.05) is 0 Å². The second-order valence-electron chi connectivity index (χ2n) is 1.66. The second kappa shape index (κ2) is 6.54. The minimum atomic E-state index is -0.440. The van der Waals surface area contributed by atoms with Crippen molar-refractivity contribution in [2.45, 2.75) is 6.42 Å². The van der Waals surface area contributed by atoms with Crippen LogP contribution in [0.5, 0.6) is 0 Å². The van der Waals surface area contributed by atoms with Crippen LogP contribution in [0.25, 0.3) is 0 Å². The molecule has 0 radical (unpaired) electrons. The maximum absolute atomic E-state index is 5.35. The Bertz CT molecular complexity index is 49.7. The summed E-state index contributed by atoms with van der Waals surface area (Å²) < 4.78 is 2.87. The molecule has 0 unspecified atom stereocenters. The van der Waals surface area contributed by atoms with Gasteiger partial charge in [-0.05, 0) is 0 Å². The van der Waals surface area contributed by atoms with Crippen LogP contribution in [0, 0.1) is 0 Å². The minimum absolute atomic E-state index is 0.440. The van der Waals surface area contributed by atoms with E-state index < -0.39 is 19.8 Å². The first-order valence-corrected chi connectivity index (χ1v) is 9.32. The zero-order valence-electron chi connectivity index (χ0n) is 5.16. The molecule has 0 heterocycles. The number of hydrogen-bond donors (Lipinski definition) is 1. The second-order valence-corrected chi connectivity index (χ2v) is 11.3. The topological polar surface area (TPSA) is 26.0 Å². The third-order valence-corrected chi connectivity index (χ3v) is 11.0. The third-order valence-electron chi connectivity index (χ3n) is 0.833. The van der Waals surface area contributed by atoms with Crippen LogP contribution in [0.15, 0.2) is 0 Å². The summed E-state index contributed by atoms with van der Waals surface area (Å²) in [6.45, 7) is 0.887. The third kappa shape index (κ3) is 5.55. The summed E-state index contributed by atoms with van der Waals surface area (Å²) in [4.78, 5) is 2.42. The van der Waals surface area contributed by atoms with E-state index in [1.54, 1.807) is 0 Å². The van der Waals surface area contributed by atoms with E-state index in [1.165, 1.54) is 13.3 Å². The van der Waals surface area contributed by atoms with E-state index >= 15 is 0 Å². The molecule has 2 N–H and O–H groups in total. The van der Waals surface area contributed by atoms with Gasteiger partial charge in [-0.1, -0.05) is 0 Å². The number of nitrogens with two attached hydrogens (primary N) is 1. The van der Waals surface area contributed by atoms with Gasteiger partial charge in [-0.25, -0.2) is 0 Å². The summed E-state index contributed by atoms with van der Waals surface area (Å²) in [6, 6.07) is 0. The van der Waals surface area contributed by atoms with E-state index in [1.807, 2.05) is 0 Å². The van der Waals surface area contributed by atoms with Crippen molar-refractivity contribution in [2.24, 2.45) is 5.73 Å². The molecule has 8 heavy (non-hydrogen) atoms. The SMILES string of the molecule is CI(CI)CCCN. The van der Waals surface area contributed by atoms with Crippen LogP contribution in [0.4, 0.5) is 0 Å². The Morgan fingerprint density at radius 2 is 2.25 bits per heavy atom. The summed E-state index contributed by atoms with van der Waals surface area (Å²) in [5.74, 6) is 0. The first kappa shape index (κ1) is 9.42. The van der Waals surface area contributed by atoms with Crippen LogP contribution in [-0.4, -0.2) is 18.3 Å². The average molecular weight is 341 g/mol. The van der Waals surface area contributed by atoms with Gasteiger partial charge < -0.3 is 0 Å². The van der Waals surface area contributed by atoms with Crippen LogP contribution >= 0.6 is 42.4 Å². The molecular formula is C5H13I2N. The van der Waals surface area contributed by atoms with Gasteiger partial charge in [-0.15, -0.1) is 0 Å². The van der Waals surface area contributed by atoms with Crippen molar-refractivity contribution < 1.29 is 0 Å². The van der Waals surface area contributed by atoms with Gasteiger partial charge in [0.2, 0.25) is 0 Å². The van der Waals surface area contributed by atoms with Gasteiger partial charge in [0.05, 0.1) is 0 Å². The molecule has 0 saturated carbocycles. The molecular weight excluding hydrogens is 328 g/mol. The first-order chi connectivity index (χ1) is 3.81. The van der Waals surface area contributed by atoms with E-state index in [-0.39, 0.29) is 0 Å². The van der Waals surface area contributed by atoms with Crippen molar-refractivity contribution in [1.82, 2.24) is 0 Å². The molecule has 0 aromatic carbocycles. The molecule has 0 fully saturated rings. The van der Waals surface area contributed by atoms with Crippen molar-refractivity contribution in [3.63, 3.8) is 0 Å². The fourth-order valence-corrected chi connectivity index (χ4v) is 4.32. The summed E-state index contributed by atoms with van der Waals surface area (Å²) >= 11 is 2.04. The van der Waals surface area contributed by atoms with Crippen LogP contribution in [0.3, 0.4) is 0 Å². The Hall–Kier alpha value is 1.42. The van der Waals surface area contributed by atoms with Gasteiger partial charge in [0.25, 0.3) is 0 Å². The van der Waals surface area contributed by atoms with Gasteiger partial charge >= 0.3 is 72.9 Å². The van der Waals surface area contributed by atoms with E-state index in [4.69, 9.17) is 5.73 Å². The molecule has 0 spiro atoms. The van der Waals surface area contributed by atoms with E-state index in [2.05, 4.69) is 27.5 Å². The number of rotatable bonds is 4. The van der Waals surface area contributed by atoms with Gasteiger partial charge in [0.15, 0.2) is 0 Å². The summed E-state index contributed by atoms with van der Waals surface area (Å²) in [6.07, 6.45) is 1.25. The summed E-state index contributed by atoms with van der Waals surface area (Å²) in [5.41, 5.74) is 5.35. The van der Waals surface area contributed by atoms with Crippen LogP contribution in [-0.2, 0) is 0 Å². The normalized spacial score (nSPS) is 11.6. The Morgan fingerprint density at radius 3 is 2.62 bits per heavy atom. The Labute approximate surface area is 72.3 Å². The molecule has 0 aromatic rings. The molecule has 1 nitrogen and oxygen atoms in total. The molecule has 0 aromatic heterocycles. The van der Waals surface area contributed by atoms with Crippen molar-refractivity contribution in [3.05, 3.63) is 0 Å². The molecule has 3 heteroatoms. The number of hydrogen-bond acceptors (Lipinski definition) is 1. The van der Waals surface area contributed by atoms with Crippen molar-refractivity contribution in [3.8, 4) is 0 Å². The van der Waals surface area contributed by atoms with Crippen molar-refractivity contribution in [1.29, 1.82) is 0 Å². The van der Waals surface area contributed by atoms with E-state index in [9.17, 15) is 0 Å². The summed E-state index contributed by atoms with van der Waals surface area (Å²) in [7, 11) is 0. The Balaban J connectivity index is 2.86. The molecule has 0 rings (SSSR count). The predicted octanol–water partition coefficient (Wildman–Crippen LogP) is 1.86. The quantitative estimate of drug-likeness (QED) is 0.613. The molecule has 0 aliphatic rings. The Kier molecular flexibility index (Phi) is 7.70. The molecule has 0 amide bonds.